The van der Waals surface area contributed by atoms with Crippen molar-refractivity contribution >= 4 is 17.5 Å². The fourth-order valence-electron chi connectivity index (χ4n) is 1.54. The van der Waals surface area contributed by atoms with E-state index >= 15 is 0 Å². The van der Waals surface area contributed by atoms with E-state index in [9.17, 15) is 4.79 Å². The molecule has 0 aliphatic carbocycles. The van der Waals surface area contributed by atoms with Crippen molar-refractivity contribution < 1.29 is 9.53 Å². The predicted octanol–water partition coefficient (Wildman–Crippen LogP) is 2.19. The number of carbonyl (C=O) groups is 1. The molecule has 0 aromatic carbocycles. The number of pyridine rings is 1. The highest BCUT2D eigenvalue weighted by Crippen LogP contribution is 2.22. The molecule has 0 saturated carbocycles. The Morgan fingerprint density at radius 1 is 1.44 bits per heavy atom. The van der Waals surface area contributed by atoms with Crippen LogP contribution in [-0.2, 0) is 9.53 Å². The molecule has 0 spiro atoms. The van der Waals surface area contributed by atoms with Gasteiger partial charge in [-0.2, -0.15) is 0 Å². The molecular weight excluding hydrogens is 230 g/mol. The molecule has 100 valence electrons. The molecule has 0 saturated heterocycles. The number of anilines is 2. The van der Waals surface area contributed by atoms with E-state index in [1.807, 2.05) is 40.8 Å². The minimum Gasteiger partial charge on any atom is -0.459 e. The summed E-state index contributed by atoms with van der Waals surface area (Å²) in [5.74, 6) is 0.358. The maximum Gasteiger partial charge on any atom is 0.325 e. The van der Waals surface area contributed by atoms with Gasteiger partial charge in [0, 0.05) is 13.2 Å². The molecule has 5 heteroatoms. The lowest BCUT2D eigenvalue weighted by atomic mass is 10.2. The Labute approximate surface area is 108 Å². The molecule has 0 aliphatic rings. The lowest BCUT2D eigenvalue weighted by Gasteiger charge is -2.20. The van der Waals surface area contributed by atoms with Gasteiger partial charge in [-0.1, -0.05) is 0 Å². The van der Waals surface area contributed by atoms with Gasteiger partial charge in [0.25, 0.3) is 0 Å². The van der Waals surface area contributed by atoms with Gasteiger partial charge in [-0.05, 0) is 39.3 Å². The van der Waals surface area contributed by atoms with Crippen LogP contribution in [0, 0.1) is 6.92 Å². The smallest absolute Gasteiger partial charge is 0.325 e. The van der Waals surface area contributed by atoms with Crippen LogP contribution in [0.2, 0.25) is 0 Å². The highest BCUT2D eigenvalue weighted by molar-refractivity contribution is 5.77. The van der Waals surface area contributed by atoms with Crippen molar-refractivity contribution in [3.63, 3.8) is 0 Å². The van der Waals surface area contributed by atoms with Gasteiger partial charge in [-0.15, -0.1) is 0 Å². The molecule has 0 atom stereocenters. The first-order chi connectivity index (χ1) is 8.33. The van der Waals surface area contributed by atoms with Crippen molar-refractivity contribution in [2.45, 2.75) is 33.3 Å². The van der Waals surface area contributed by atoms with E-state index in [-0.39, 0.29) is 12.5 Å². The van der Waals surface area contributed by atoms with Gasteiger partial charge in [0.15, 0.2) is 0 Å². The normalized spacial score (nSPS) is 10.9. The van der Waals surface area contributed by atoms with Crippen LogP contribution in [0.25, 0.3) is 0 Å². The number of nitrogens with one attached hydrogen (secondary N) is 2. The van der Waals surface area contributed by atoms with Crippen LogP contribution in [0.5, 0.6) is 0 Å². The van der Waals surface area contributed by atoms with E-state index in [0.717, 1.165) is 11.3 Å². The molecular formula is C13H21N3O2. The summed E-state index contributed by atoms with van der Waals surface area (Å²) in [4.78, 5) is 15.8. The molecule has 1 aromatic rings. The lowest BCUT2D eigenvalue weighted by molar-refractivity contribution is -0.152. The van der Waals surface area contributed by atoms with Crippen LogP contribution >= 0.6 is 0 Å². The van der Waals surface area contributed by atoms with Crippen molar-refractivity contribution in [2.75, 3.05) is 24.2 Å². The number of ether oxygens (including phenoxy) is 1. The van der Waals surface area contributed by atoms with Crippen molar-refractivity contribution in [1.29, 1.82) is 0 Å². The Bertz CT molecular complexity index is 425. The van der Waals surface area contributed by atoms with Gasteiger partial charge < -0.3 is 15.4 Å². The minimum absolute atomic E-state index is 0.0996. The van der Waals surface area contributed by atoms with Gasteiger partial charge >= 0.3 is 5.97 Å². The molecule has 1 heterocycles. The molecule has 0 fully saturated rings. The van der Waals surface area contributed by atoms with Gasteiger partial charge in [-0.3, -0.25) is 4.79 Å². The SMILES string of the molecule is CNc1c(C)ccnc1NCC(=O)OC(C)(C)C. The second-order valence-corrected chi connectivity index (χ2v) is 5.04. The maximum absolute atomic E-state index is 11.6. The average molecular weight is 251 g/mol. The Balaban J connectivity index is 2.64. The monoisotopic (exact) mass is 251 g/mol. The Hall–Kier alpha value is -1.78. The topological polar surface area (TPSA) is 63.2 Å². The third kappa shape index (κ3) is 4.24. The summed E-state index contributed by atoms with van der Waals surface area (Å²) in [7, 11) is 1.82. The van der Waals surface area contributed by atoms with Crippen LogP contribution in [0.3, 0.4) is 0 Å². The summed E-state index contributed by atoms with van der Waals surface area (Å²) in [6, 6.07) is 1.91. The van der Waals surface area contributed by atoms with E-state index in [0.29, 0.717) is 5.82 Å². The zero-order chi connectivity index (χ0) is 13.8. The molecule has 0 radical (unpaired) electrons. The van der Waals surface area contributed by atoms with Crippen LogP contribution < -0.4 is 10.6 Å². The van der Waals surface area contributed by atoms with Crippen LogP contribution in [0.1, 0.15) is 26.3 Å². The summed E-state index contributed by atoms with van der Waals surface area (Å²) in [6.45, 7) is 7.60. The largest absolute Gasteiger partial charge is 0.459 e. The van der Waals surface area contributed by atoms with Crippen LogP contribution in [0.15, 0.2) is 12.3 Å². The van der Waals surface area contributed by atoms with E-state index < -0.39 is 5.60 Å². The second-order valence-electron chi connectivity index (χ2n) is 5.04. The fourth-order valence-corrected chi connectivity index (χ4v) is 1.54. The molecule has 0 unspecified atom stereocenters. The molecule has 5 nitrogen and oxygen atoms in total. The highest BCUT2D eigenvalue weighted by Gasteiger charge is 2.16. The van der Waals surface area contributed by atoms with Gasteiger partial charge in [0.2, 0.25) is 0 Å². The third-order valence-electron chi connectivity index (χ3n) is 2.23. The molecule has 1 rings (SSSR count). The number of nitrogens with zero attached hydrogens (tertiary/aromatic N) is 1. The quantitative estimate of drug-likeness (QED) is 0.803. The van der Waals surface area contributed by atoms with E-state index in [4.69, 9.17) is 4.74 Å². The first-order valence-electron chi connectivity index (χ1n) is 5.92. The van der Waals surface area contributed by atoms with E-state index in [1.165, 1.54) is 0 Å². The van der Waals surface area contributed by atoms with E-state index in [2.05, 4.69) is 15.6 Å². The lowest BCUT2D eigenvalue weighted by Crippen LogP contribution is -2.28. The number of rotatable bonds is 4. The summed E-state index contributed by atoms with van der Waals surface area (Å²) in [5.41, 5.74) is 1.49. The highest BCUT2D eigenvalue weighted by atomic mass is 16.6. The van der Waals surface area contributed by atoms with Gasteiger partial charge in [0.1, 0.15) is 18.0 Å². The van der Waals surface area contributed by atoms with Crippen LogP contribution in [-0.4, -0.2) is 30.1 Å². The predicted molar refractivity (Wildman–Crippen MR) is 72.9 cm³/mol. The molecule has 0 aliphatic heterocycles. The van der Waals surface area contributed by atoms with Crippen LogP contribution in [0.4, 0.5) is 11.5 Å². The number of esters is 1. The molecule has 0 amide bonds. The van der Waals surface area contributed by atoms with Crippen molar-refractivity contribution in [3.05, 3.63) is 17.8 Å². The fraction of sp³-hybridized carbons (Fsp3) is 0.538. The molecule has 0 bridgehead atoms. The van der Waals surface area contributed by atoms with E-state index in [1.54, 1.807) is 6.20 Å². The summed E-state index contributed by atoms with van der Waals surface area (Å²) >= 11 is 0. The standard InChI is InChI=1S/C13H21N3O2/c1-9-6-7-15-12(11(9)14-5)16-8-10(17)18-13(2,3)4/h6-7,14H,8H2,1-5H3,(H,15,16). The Kier molecular flexibility index (Phi) is 4.53. The average Bonchev–Trinajstić information content (AvgIpc) is 2.24. The first-order valence-corrected chi connectivity index (χ1v) is 5.92. The number of aryl methyl sites for hydroxylation is 1. The van der Waals surface area contributed by atoms with Gasteiger partial charge in [0.05, 0.1) is 5.69 Å². The second kappa shape index (κ2) is 5.71. The molecule has 2 N–H and O–H groups in total. The number of carbonyl (C=O) groups excluding carboxylic acids is 1. The summed E-state index contributed by atoms with van der Waals surface area (Å²) < 4.78 is 5.21. The number of aromatic nitrogens is 1. The summed E-state index contributed by atoms with van der Waals surface area (Å²) in [5, 5.41) is 6.04. The molecule has 18 heavy (non-hydrogen) atoms. The maximum atomic E-state index is 11.6. The van der Waals surface area contributed by atoms with Crippen molar-refractivity contribution in [3.8, 4) is 0 Å². The Morgan fingerprint density at radius 3 is 2.67 bits per heavy atom. The Morgan fingerprint density at radius 2 is 2.11 bits per heavy atom. The zero-order valence-corrected chi connectivity index (χ0v) is 11.6. The minimum atomic E-state index is -0.468. The van der Waals surface area contributed by atoms with Gasteiger partial charge in [-0.25, -0.2) is 4.98 Å². The number of hydrogen-bond acceptors (Lipinski definition) is 5. The zero-order valence-electron chi connectivity index (χ0n) is 11.6. The summed E-state index contributed by atoms with van der Waals surface area (Å²) in [6.07, 6.45) is 1.70. The van der Waals surface area contributed by atoms with Crippen molar-refractivity contribution in [1.82, 2.24) is 4.98 Å². The first kappa shape index (κ1) is 14.3. The third-order valence-corrected chi connectivity index (χ3v) is 2.23. The number of hydrogen-bond donors (Lipinski definition) is 2. The molecule has 1 aromatic heterocycles. The van der Waals surface area contributed by atoms with Crippen molar-refractivity contribution in [2.24, 2.45) is 0 Å².